The molecule has 1 N–H and O–H groups in total. The molecule has 0 aliphatic carbocycles. The van der Waals surface area contributed by atoms with Gasteiger partial charge in [-0.15, -0.1) is 11.6 Å². The maximum Gasteiger partial charge on any atom is 0.245 e. The van der Waals surface area contributed by atoms with E-state index in [1.807, 2.05) is 19.9 Å². The van der Waals surface area contributed by atoms with E-state index >= 15 is 0 Å². The van der Waals surface area contributed by atoms with E-state index < -0.39 is 5.41 Å². The predicted octanol–water partition coefficient (Wildman–Crippen LogP) is 3.16. The molecule has 0 fully saturated rings. The lowest BCUT2D eigenvalue weighted by Gasteiger charge is -2.33. The number of hydrogen-bond acceptors (Lipinski definition) is 3. The molecule has 6 nitrogen and oxygen atoms in total. The van der Waals surface area contributed by atoms with Gasteiger partial charge in [-0.3, -0.25) is 14.3 Å². The van der Waals surface area contributed by atoms with E-state index in [0.29, 0.717) is 5.82 Å². The van der Waals surface area contributed by atoms with Crippen LogP contribution < -0.4 is 5.32 Å². The average Bonchev–Trinajstić information content (AvgIpc) is 2.85. The zero-order valence-electron chi connectivity index (χ0n) is 16.6. The van der Waals surface area contributed by atoms with Crippen molar-refractivity contribution < 1.29 is 9.59 Å². The summed E-state index contributed by atoms with van der Waals surface area (Å²) in [5.41, 5.74) is 0.0775. The third-order valence-electron chi connectivity index (χ3n) is 4.03. The highest BCUT2D eigenvalue weighted by atomic mass is 35.5. The van der Waals surface area contributed by atoms with Gasteiger partial charge in [0.05, 0.1) is 11.1 Å². The number of aromatic nitrogens is 2. The Hall–Kier alpha value is -1.56. The number of rotatable bonds is 6. The van der Waals surface area contributed by atoms with E-state index in [2.05, 4.69) is 31.2 Å². The summed E-state index contributed by atoms with van der Waals surface area (Å²) in [6, 6.07) is 1.76. The number of amides is 2. The van der Waals surface area contributed by atoms with Crippen LogP contribution in [0.3, 0.4) is 0 Å². The van der Waals surface area contributed by atoms with Gasteiger partial charge >= 0.3 is 0 Å². The normalized spacial score (nSPS) is 12.4. The van der Waals surface area contributed by atoms with Crippen molar-refractivity contribution in [1.29, 1.82) is 0 Å². The number of alkyl halides is 1. The van der Waals surface area contributed by atoms with Crippen LogP contribution in [0.1, 0.15) is 54.2 Å². The van der Waals surface area contributed by atoms with E-state index in [1.165, 1.54) is 0 Å². The SMILES string of the molecule is CC(C)N(CC(=O)Nc1cc(C(C)(C)C)nn1C)C(=O)C(C)(C)CCl. The summed E-state index contributed by atoms with van der Waals surface area (Å²) >= 11 is 5.91. The first-order valence-corrected chi connectivity index (χ1v) is 9.04. The summed E-state index contributed by atoms with van der Waals surface area (Å²) in [5.74, 6) is 0.430. The van der Waals surface area contributed by atoms with Gasteiger partial charge in [-0.2, -0.15) is 5.10 Å². The van der Waals surface area contributed by atoms with Crippen LogP contribution >= 0.6 is 11.6 Å². The van der Waals surface area contributed by atoms with Crippen molar-refractivity contribution in [2.75, 3.05) is 17.7 Å². The number of nitrogens with zero attached hydrogens (tertiary/aromatic N) is 3. The molecule has 2 amide bonds. The lowest BCUT2D eigenvalue weighted by Crippen LogP contribution is -2.48. The largest absolute Gasteiger partial charge is 0.330 e. The molecule has 0 spiro atoms. The molecule has 0 aromatic carbocycles. The van der Waals surface area contributed by atoms with Crippen molar-refractivity contribution in [1.82, 2.24) is 14.7 Å². The molecule has 1 rings (SSSR count). The maximum absolute atomic E-state index is 12.7. The molecule has 1 aromatic heterocycles. The molecule has 25 heavy (non-hydrogen) atoms. The zero-order valence-corrected chi connectivity index (χ0v) is 17.4. The Morgan fingerprint density at radius 2 is 1.84 bits per heavy atom. The topological polar surface area (TPSA) is 67.2 Å². The molecule has 142 valence electrons. The zero-order chi connectivity index (χ0) is 19.6. The van der Waals surface area contributed by atoms with E-state index in [-0.39, 0.29) is 35.7 Å². The molecule has 0 atom stereocenters. The van der Waals surface area contributed by atoms with Crippen LogP contribution in [0, 0.1) is 5.41 Å². The molecule has 0 aliphatic heterocycles. The quantitative estimate of drug-likeness (QED) is 0.782. The molecule has 1 aromatic rings. The Kier molecular flexibility index (Phi) is 6.68. The maximum atomic E-state index is 12.7. The van der Waals surface area contributed by atoms with Crippen molar-refractivity contribution in [2.24, 2.45) is 12.5 Å². The second-order valence-corrected chi connectivity index (χ2v) is 8.65. The lowest BCUT2D eigenvalue weighted by atomic mass is 9.92. The summed E-state index contributed by atoms with van der Waals surface area (Å²) in [4.78, 5) is 26.7. The summed E-state index contributed by atoms with van der Waals surface area (Å²) < 4.78 is 1.64. The molecule has 0 aliphatic rings. The molecule has 0 saturated heterocycles. The molecule has 0 radical (unpaired) electrons. The van der Waals surface area contributed by atoms with Gasteiger partial charge in [0.2, 0.25) is 11.8 Å². The van der Waals surface area contributed by atoms with Crippen molar-refractivity contribution in [3.8, 4) is 0 Å². The number of aryl methyl sites for hydroxylation is 1. The minimum atomic E-state index is -0.710. The van der Waals surface area contributed by atoms with Gasteiger partial charge in [0.25, 0.3) is 0 Å². The highest BCUT2D eigenvalue weighted by Gasteiger charge is 2.33. The fraction of sp³-hybridized carbons (Fsp3) is 0.722. The molecular formula is C18H31ClN4O2. The van der Waals surface area contributed by atoms with Crippen LogP contribution in [0.4, 0.5) is 5.82 Å². The Labute approximate surface area is 155 Å². The Balaban J connectivity index is 2.90. The van der Waals surface area contributed by atoms with Crippen molar-refractivity contribution in [2.45, 2.75) is 59.9 Å². The first-order valence-electron chi connectivity index (χ1n) is 8.51. The van der Waals surface area contributed by atoms with Gasteiger partial charge in [0.15, 0.2) is 0 Å². The molecular weight excluding hydrogens is 340 g/mol. The number of carbonyl (C=O) groups is 2. The van der Waals surface area contributed by atoms with Gasteiger partial charge in [-0.05, 0) is 27.7 Å². The highest BCUT2D eigenvalue weighted by Crippen LogP contribution is 2.24. The van der Waals surface area contributed by atoms with Crippen LogP contribution in [0.5, 0.6) is 0 Å². The van der Waals surface area contributed by atoms with Gasteiger partial charge in [0.1, 0.15) is 12.4 Å². The third-order valence-corrected chi connectivity index (χ3v) is 4.70. The first kappa shape index (κ1) is 21.5. The second-order valence-electron chi connectivity index (χ2n) is 8.38. The number of carbonyl (C=O) groups excluding carboxylic acids is 2. The minimum Gasteiger partial charge on any atom is -0.330 e. The van der Waals surface area contributed by atoms with Crippen molar-refractivity contribution >= 4 is 29.2 Å². The van der Waals surface area contributed by atoms with Gasteiger partial charge in [-0.25, -0.2) is 0 Å². The van der Waals surface area contributed by atoms with Crippen molar-refractivity contribution in [3.63, 3.8) is 0 Å². The van der Waals surface area contributed by atoms with Crippen LogP contribution in [0.25, 0.3) is 0 Å². The number of halogens is 1. The van der Waals surface area contributed by atoms with Crippen LogP contribution in [0.15, 0.2) is 6.07 Å². The van der Waals surface area contributed by atoms with E-state index in [1.54, 1.807) is 30.5 Å². The second kappa shape index (κ2) is 7.77. The summed E-state index contributed by atoms with van der Waals surface area (Å²) in [5, 5.41) is 7.29. The smallest absolute Gasteiger partial charge is 0.245 e. The summed E-state index contributed by atoms with van der Waals surface area (Å²) in [6.45, 7) is 13.5. The van der Waals surface area contributed by atoms with E-state index in [9.17, 15) is 9.59 Å². The molecule has 0 saturated carbocycles. The predicted molar refractivity (Wildman–Crippen MR) is 102 cm³/mol. The Morgan fingerprint density at radius 3 is 2.24 bits per heavy atom. The number of hydrogen-bond donors (Lipinski definition) is 1. The van der Waals surface area contributed by atoms with Crippen LogP contribution in [0.2, 0.25) is 0 Å². The van der Waals surface area contributed by atoms with E-state index in [4.69, 9.17) is 11.6 Å². The molecule has 0 bridgehead atoms. The molecule has 1 heterocycles. The van der Waals surface area contributed by atoms with Gasteiger partial charge in [-0.1, -0.05) is 20.8 Å². The standard InChI is InChI=1S/C18H31ClN4O2/c1-12(2)23(16(25)18(6,7)11-19)10-15(24)20-14-9-13(17(3,4)5)21-22(14)8/h9,12H,10-11H2,1-8H3,(H,20,24). The Bertz CT molecular complexity index is 630. The highest BCUT2D eigenvalue weighted by molar-refractivity contribution is 6.19. The van der Waals surface area contributed by atoms with Gasteiger partial charge in [0, 0.05) is 30.5 Å². The monoisotopic (exact) mass is 370 g/mol. The fourth-order valence-corrected chi connectivity index (χ4v) is 2.34. The summed E-state index contributed by atoms with van der Waals surface area (Å²) in [6.07, 6.45) is 0. The molecule has 0 unspecified atom stereocenters. The summed E-state index contributed by atoms with van der Waals surface area (Å²) in [7, 11) is 1.78. The average molecular weight is 371 g/mol. The number of nitrogens with one attached hydrogen (secondary N) is 1. The Morgan fingerprint density at radius 1 is 1.28 bits per heavy atom. The minimum absolute atomic E-state index is 0.0210. The number of anilines is 1. The van der Waals surface area contributed by atoms with E-state index in [0.717, 1.165) is 5.69 Å². The van der Waals surface area contributed by atoms with Crippen LogP contribution in [-0.4, -0.2) is 45.0 Å². The first-order chi connectivity index (χ1) is 11.3. The van der Waals surface area contributed by atoms with Crippen LogP contribution in [-0.2, 0) is 22.1 Å². The van der Waals surface area contributed by atoms with Crippen molar-refractivity contribution in [3.05, 3.63) is 11.8 Å². The lowest BCUT2D eigenvalue weighted by molar-refractivity contribution is -0.143. The third kappa shape index (κ3) is 5.46. The van der Waals surface area contributed by atoms with Gasteiger partial charge < -0.3 is 10.2 Å². The molecule has 7 heteroatoms. The fourth-order valence-electron chi connectivity index (χ4n) is 2.22.